The smallest absolute Gasteiger partial charge is 0.145 e. The van der Waals surface area contributed by atoms with Crippen LogP contribution >= 0.6 is 0 Å². The summed E-state index contributed by atoms with van der Waals surface area (Å²) < 4.78 is 5.66. The first-order valence-corrected chi connectivity index (χ1v) is 6.92. The third-order valence-corrected chi connectivity index (χ3v) is 2.78. The molecule has 6 nitrogen and oxygen atoms in total. The lowest BCUT2D eigenvalue weighted by atomic mass is 9.96. The Morgan fingerprint density at radius 2 is 1.75 bits per heavy atom. The van der Waals surface area contributed by atoms with Gasteiger partial charge in [0.05, 0.1) is 5.60 Å². The second-order valence-corrected chi connectivity index (χ2v) is 6.40. The van der Waals surface area contributed by atoms with E-state index in [1.165, 1.54) is 0 Å². The van der Waals surface area contributed by atoms with Gasteiger partial charge in [-0.05, 0) is 20.8 Å². The summed E-state index contributed by atoms with van der Waals surface area (Å²) in [5.74, 6) is 7.55. The number of anilines is 2. The van der Waals surface area contributed by atoms with Gasteiger partial charge in [-0.1, -0.05) is 20.8 Å². The van der Waals surface area contributed by atoms with Crippen molar-refractivity contribution >= 4 is 11.6 Å². The summed E-state index contributed by atoms with van der Waals surface area (Å²) in [6.07, 6.45) is 0. The maximum absolute atomic E-state index is 5.66. The molecule has 6 heteroatoms. The van der Waals surface area contributed by atoms with E-state index in [-0.39, 0.29) is 11.0 Å². The zero-order valence-electron chi connectivity index (χ0n) is 13.4. The number of nitrogens with zero attached hydrogens (tertiary/aromatic N) is 2. The molecule has 0 aliphatic heterocycles. The van der Waals surface area contributed by atoms with Gasteiger partial charge in [0.2, 0.25) is 0 Å². The normalized spacial score (nSPS) is 12.3. The minimum absolute atomic E-state index is 0.140. The van der Waals surface area contributed by atoms with Crippen LogP contribution in [-0.4, -0.2) is 28.7 Å². The monoisotopic (exact) mass is 281 g/mol. The fourth-order valence-corrected chi connectivity index (χ4v) is 1.69. The molecule has 1 aromatic heterocycles. The van der Waals surface area contributed by atoms with Crippen LogP contribution in [0.5, 0.6) is 0 Å². The highest BCUT2D eigenvalue weighted by atomic mass is 16.5. The predicted molar refractivity (Wildman–Crippen MR) is 82.7 cm³/mol. The van der Waals surface area contributed by atoms with Gasteiger partial charge in [-0.2, -0.15) is 0 Å². The quantitative estimate of drug-likeness (QED) is 0.548. The SMILES string of the molecule is CCOC(C)(C)CNc1cc(NN)nc(C(C)(C)C)n1. The van der Waals surface area contributed by atoms with Gasteiger partial charge < -0.3 is 15.5 Å². The number of aromatic nitrogens is 2. The molecule has 0 fully saturated rings. The summed E-state index contributed by atoms with van der Waals surface area (Å²) in [6, 6.07) is 1.79. The predicted octanol–water partition coefficient (Wildman–Crippen LogP) is 2.29. The average molecular weight is 281 g/mol. The Morgan fingerprint density at radius 1 is 1.15 bits per heavy atom. The van der Waals surface area contributed by atoms with Crippen molar-refractivity contribution in [2.75, 3.05) is 23.9 Å². The van der Waals surface area contributed by atoms with Gasteiger partial charge in [0.25, 0.3) is 0 Å². The minimum atomic E-state index is -0.252. The van der Waals surface area contributed by atoms with Gasteiger partial charge in [0.1, 0.15) is 17.5 Å². The molecule has 20 heavy (non-hydrogen) atoms. The van der Waals surface area contributed by atoms with E-state index >= 15 is 0 Å². The summed E-state index contributed by atoms with van der Waals surface area (Å²) >= 11 is 0. The Labute approximate surface area is 121 Å². The Balaban J connectivity index is 2.90. The summed E-state index contributed by atoms with van der Waals surface area (Å²) in [5.41, 5.74) is 2.19. The molecule has 0 unspecified atom stereocenters. The van der Waals surface area contributed by atoms with E-state index in [2.05, 4.69) is 41.5 Å². The molecular weight excluding hydrogens is 254 g/mol. The number of hydrazine groups is 1. The molecule has 0 radical (unpaired) electrons. The molecular formula is C14H27N5O. The molecule has 0 spiro atoms. The van der Waals surface area contributed by atoms with Crippen LogP contribution in [0, 0.1) is 0 Å². The first kappa shape index (κ1) is 16.7. The van der Waals surface area contributed by atoms with E-state index in [4.69, 9.17) is 10.6 Å². The van der Waals surface area contributed by atoms with Gasteiger partial charge in [0.15, 0.2) is 0 Å². The molecule has 0 bridgehead atoms. The molecule has 0 aromatic carbocycles. The van der Waals surface area contributed by atoms with Crippen molar-refractivity contribution < 1.29 is 4.74 Å². The molecule has 0 aliphatic carbocycles. The fraction of sp³-hybridized carbons (Fsp3) is 0.714. The Bertz CT molecular complexity index is 440. The molecule has 114 valence electrons. The van der Waals surface area contributed by atoms with Crippen LogP contribution in [0.1, 0.15) is 47.4 Å². The number of nitrogen functional groups attached to an aromatic ring is 1. The van der Waals surface area contributed by atoms with Crippen molar-refractivity contribution in [2.45, 2.75) is 52.6 Å². The summed E-state index contributed by atoms with van der Waals surface area (Å²) in [5, 5.41) is 3.29. The zero-order valence-corrected chi connectivity index (χ0v) is 13.4. The van der Waals surface area contributed by atoms with Crippen LogP contribution < -0.4 is 16.6 Å². The molecule has 0 aliphatic rings. The third kappa shape index (κ3) is 4.94. The minimum Gasteiger partial charge on any atom is -0.374 e. The number of nitrogens with two attached hydrogens (primary N) is 1. The van der Waals surface area contributed by atoms with Crippen LogP contribution in [0.2, 0.25) is 0 Å². The lowest BCUT2D eigenvalue weighted by molar-refractivity contribution is 0.000637. The van der Waals surface area contributed by atoms with Gasteiger partial charge in [-0.25, -0.2) is 15.8 Å². The number of hydrogen-bond donors (Lipinski definition) is 3. The third-order valence-electron chi connectivity index (χ3n) is 2.78. The highest BCUT2D eigenvalue weighted by Crippen LogP contribution is 2.22. The van der Waals surface area contributed by atoms with Crippen molar-refractivity contribution in [2.24, 2.45) is 5.84 Å². The number of nitrogens with one attached hydrogen (secondary N) is 2. The molecule has 0 saturated carbocycles. The second kappa shape index (κ2) is 6.37. The maximum atomic E-state index is 5.66. The maximum Gasteiger partial charge on any atom is 0.145 e. The van der Waals surface area contributed by atoms with E-state index in [0.29, 0.717) is 19.0 Å². The van der Waals surface area contributed by atoms with Crippen molar-refractivity contribution in [3.63, 3.8) is 0 Å². The molecule has 1 aromatic rings. The van der Waals surface area contributed by atoms with E-state index in [9.17, 15) is 0 Å². The topological polar surface area (TPSA) is 85.1 Å². The summed E-state index contributed by atoms with van der Waals surface area (Å²) in [6.45, 7) is 13.6. The Kier molecular flexibility index (Phi) is 5.30. The van der Waals surface area contributed by atoms with Crippen LogP contribution in [0.25, 0.3) is 0 Å². The molecule has 0 amide bonds. The van der Waals surface area contributed by atoms with Crippen molar-refractivity contribution in [3.8, 4) is 0 Å². The highest BCUT2D eigenvalue weighted by molar-refractivity contribution is 5.47. The van der Waals surface area contributed by atoms with E-state index < -0.39 is 0 Å². The fourth-order valence-electron chi connectivity index (χ4n) is 1.69. The average Bonchev–Trinajstić information content (AvgIpc) is 2.35. The van der Waals surface area contributed by atoms with Crippen LogP contribution in [0.15, 0.2) is 6.07 Å². The highest BCUT2D eigenvalue weighted by Gasteiger charge is 2.21. The van der Waals surface area contributed by atoms with Crippen molar-refractivity contribution in [1.29, 1.82) is 0 Å². The van der Waals surface area contributed by atoms with Crippen molar-refractivity contribution in [1.82, 2.24) is 9.97 Å². The van der Waals surface area contributed by atoms with Gasteiger partial charge in [-0.15, -0.1) is 0 Å². The van der Waals surface area contributed by atoms with Crippen LogP contribution in [-0.2, 0) is 10.2 Å². The lowest BCUT2D eigenvalue weighted by Crippen LogP contribution is -2.34. The molecule has 0 atom stereocenters. The van der Waals surface area contributed by atoms with E-state index in [0.717, 1.165) is 11.6 Å². The number of rotatable bonds is 6. The van der Waals surface area contributed by atoms with Crippen molar-refractivity contribution in [3.05, 3.63) is 11.9 Å². The van der Waals surface area contributed by atoms with Crippen LogP contribution in [0.3, 0.4) is 0 Å². The number of ether oxygens (including phenoxy) is 1. The first-order valence-electron chi connectivity index (χ1n) is 6.92. The standard InChI is InChI=1S/C14H27N5O/c1-7-20-14(5,6)9-16-10-8-11(19-15)18-12(17-10)13(2,3)4/h8H,7,9,15H2,1-6H3,(H2,16,17,18,19). The largest absolute Gasteiger partial charge is 0.374 e. The molecule has 4 N–H and O–H groups in total. The van der Waals surface area contributed by atoms with E-state index in [1.54, 1.807) is 6.07 Å². The van der Waals surface area contributed by atoms with Crippen LogP contribution in [0.4, 0.5) is 11.6 Å². The molecule has 1 rings (SSSR count). The second-order valence-electron chi connectivity index (χ2n) is 6.40. The van der Waals surface area contributed by atoms with E-state index in [1.807, 2.05) is 20.8 Å². The summed E-state index contributed by atoms with van der Waals surface area (Å²) in [4.78, 5) is 8.93. The van der Waals surface area contributed by atoms with Gasteiger partial charge >= 0.3 is 0 Å². The molecule has 1 heterocycles. The molecule has 0 saturated heterocycles. The Hall–Kier alpha value is -1.40. The lowest BCUT2D eigenvalue weighted by Gasteiger charge is -2.26. The number of hydrogen-bond acceptors (Lipinski definition) is 6. The van der Waals surface area contributed by atoms with Gasteiger partial charge in [-0.3, -0.25) is 0 Å². The first-order chi connectivity index (χ1) is 9.18. The van der Waals surface area contributed by atoms with Gasteiger partial charge in [0, 0.05) is 24.6 Å². The zero-order chi connectivity index (χ0) is 15.4. The Morgan fingerprint density at radius 3 is 2.25 bits per heavy atom. The summed E-state index contributed by atoms with van der Waals surface area (Å²) in [7, 11) is 0.